The molecule has 0 fully saturated rings. The summed E-state index contributed by atoms with van der Waals surface area (Å²) in [5.74, 6) is 1.39. The molecule has 0 saturated carbocycles. The van der Waals surface area contributed by atoms with Gasteiger partial charge in [-0.15, -0.1) is 0 Å². The van der Waals surface area contributed by atoms with Crippen molar-refractivity contribution in [3.8, 4) is 11.5 Å². The van der Waals surface area contributed by atoms with E-state index >= 15 is 0 Å². The highest BCUT2D eigenvalue weighted by atomic mass is 28.4. The van der Waals surface area contributed by atoms with Gasteiger partial charge in [-0.3, -0.25) is 0 Å². The fourth-order valence-corrected chi connectivity index (χ4v) is 3.69. The number of hydrogen-bond donors (Lipinski definition) is 0. The highest BCUT2D eigenvalue weighted by molar-refractivity contribution is 6.60. The van der Waals surface area contributed by atoms with Crippen molar-refractivity contribution in [3.63, 3.8) is 0 Å². The molecule has 0 atom stereocenters. The minimum atomic E-state index is -2.70. The second-order valence-electron chi connectivity index (χ2n) is 4.13. The molecule has 1 rings (SSSR count). The minimum absolute atomic E-state index is 0.526. The van der Waals surface area contributed by atoms with E-state index in [1.165, 1.54) is 0 Å². The Bertz CT molecular complexity index is 409. The van der Waals surface area contributed by atoms with Crippen LogP contribution in [0.3, 0.4) is 0 Å². The quantitative estimate of drug-likeness (QED) is 0.717. The van der Waals surface area contributed by atoms with Gasteiger partial charge in [-0.25, -0.2) is 0 Å². The van der Waals surface area contributed by atoms with Crippen LogP contribution in [0.25, 0.3) is 0 Å². The highest BCUT2D eigenvalue weighted by Crippen LogP contribution is 2.34. The molecule has 0 spiro atoms. The molecule has 108 valence electrons. The van der Waals surface area contributed by atoms with Gasteiger partial charge in [0.25, 0.3) is 0 Å². The number of methoxy groups -OCH3 is 2. The molecule has 0 N–H and O–H groups in total. The Kier molecular flexibility index (Phi) is 5.80. The largest absolute Gasteiger partial charge is 0.504 e. The monoisotopic (exact) mass is 286 g/mol. The molecule has 0 heterocycles. The van der Waals surface area contributed by atoms with E-state index in [1.807, 2.05) is 19.1 Å². The van der Waals surface area contributed by atoms with E-state index in [4.69, 9.17) is 22.8 Å². The summed E-state index contributed by atoms with van der Waals surface area (Å²) >= 11 is 0. The molecule has 0 saturated heterocycles. The van der Waals surface area contributed by atoms with Crippen LogP contribution in [0.4, 0.5) is 0 Å². The van der Waals surface area contributed by atoms with Crippen LogP contribution in [0.15, 0.2) is 12.1 Å². The summed E-state index contributed by atoms with van der Waals surface area (Å²) in [4.78, 5) is 0. The van der Waals surface area contributed by atoms with E-state index in [9.17, 15) is 0 Å². The zero-order valence-electron chi connectivity index (χ0n) is 12.4. The molecule has 0 unspecified atom stereocenters. The predicted molar refractivity (Wildman–Crippen MR) is 74.8 cm³/mol. The van der Waals surface area contributed by atoms with Crippen molar-refractivity contribution in [2.45, 2.75) is 13.0 Å². The van der Waals surface area contributed by atoms with E-state index in [2.05, 4.69) is 0 Å². The Hall–Kier alpha value is -1.08. The van der Waals surface area contributed by atoms with Gasteiger partial charge in [0.15, 0.2) is 11.5 Å². The van der Waals surface area contributed by atoms with Crippen LogP contribution in [0, 0.1) is 6.92 Å². The van der Waals surface area contributed by atoms with E-state index < -0.39 is 8.80 Å². The SMILES string of the molecule is COc1cc(C)cc(C[Si](OC)(OC)OC)c1OC. The average Bonchev–Trinajstić information content (AvgIpc) is 2.44. The van der Waals surface area contributed by atoms with E-state index in [0.29, 0.717) is 17.5 Å². The first-order chi connectivity index (χ1) is 9.05. The molecule has 0 amide bonds. The van der Waals surface area contributed by atoms with Gasteiger partial charge in [0.1, 0.15) is 0 Å². The van der Waals surface area contributed by atoms with Crippen molar-refractivity contribution in [2.75, 3.05) is 35.5 Å². The smallest absolute Gasteiger partial charge is 0.493 e. The maximum atomic E-state index is 5.45. The van der Waals surface area contributed by atoms with Crippen molar-refractivity contribution in [2.24, 2.45) is 0 Å². The van der Waals surface area contributed by atoms with Crippen molar-refractivity contribution < 1.29 is 22.8 Å². The lowest BCUT2D eigenvalue weighted by atomic mass is 10.1. The van der Waals surface area contributed by atoms with E-state index in [0.717, 1.165) is 11.1 Å². The predicted octanol–water partition coefficient (Wildman–Crippen LogP) is 1.97. The molecule has 5 nitrogen and oxygen atoms in total. The molecule has 0 aliphatic rings. The molecule has 1 aromatic rings. The summed E-state index contributed by atoms with van der Waals surface area (Å²) in [5, 5.41) is 0. The zero-order chi connectivity index (χ0) is 14.5. The van der Waals surface area contributed by atoms with Gasteiger partial charge in [-0.2, -0.15) is 0 Å². The summed E-state index contributed by atoms with van der Waals surface area (Å²) < 4.78 is 27.1. The average molecular weight is 286 g/mol. The summed E-state index contributed by atoms with van der Waals surface area (Å²) in [7, 11) is 5.32. The van der Waals surface area contributed by atoms with Crippen LogP contribution in [-0.2, 0) is 19.3 Å². The Labute approximate surface area is 115 Å². The first-order valence-corrected chi connectivity index (χ1v) is 7.86. The van der Waals surface area contributed by atoms with E-state index in [1.54, 1.807) is 35.5 Å². The third kappa shape index (κ3) is 3.47. The summed E-state index contributed by atoms with van der Waals surface area (Å²) in [6.45, 7) is 2.00. The van der Waals surface area contributed by atoms with Gasteiger partial charge in [-0.1, -0.05) is 6.07 Å². The van der Waals surface area contributed by atoms with Crippen LogP contribution in [0.2, 0.25) is 0 Å². The molecule has 6 heteroatoms. The van der Waals surface area contributed by atoms with Gasteiger partial charge in [0, 0.05) is 32.9 Å². The molecular weight excluding hydrogens is 264 g/mol. The standard InChI is InChI=1S/C13H22O5Si/c1-10-7-11(9-19(16-4,17-5)18-6)13(15-3)12(8-10)14-2/h7-8H,9H2,1-6H3. The topological polar surface area (TPSA) is 46.2 Å². The summed E-state index contributed by atoms with van der Waals surface area (Å²) in [6.07, 6.45) is 0. The second-order valence-corrected chi connectivity index (χ2v) is 7.08. The molecule has 0 aliphatic carbocycles. The molecule has 0 aromatic heterocycles. The lowest BCUT2D eigenvalue weighted by molar-refractivity contribution is 0.122. The van der Waals surface area contributed by atoms with Crippen molar-refractivity contribution >= 4 is 8.80 Å². The second kappa shape index (κ2) is 6.90. The number of ether oxygens (including phenoxy) is 2. The molecule has 0 radical (unpaired) electrons. The van der Waals surface area contributed by atoms with Gasteiger partial charge in [-0.05, 0) is 18.6 Å². The van der Waals surface area contributed by atoms with E-state index in [-0.39, 0.29) is 0 Å². The zero-order valence-corrected chi connectivity index (χ0v) is 13.4. The number of hydrogen-bond acceptors (Lipinski definition) is 5. The molecule has 1 aromatic carbocycles. The van der Waals surface area contributed by atoms with Crippen LogP contribution in [0.1, 0.15) is 11.1 Å². The molecular formula is C13H22O5Si. The summed E-state index contributed by atoms with van der Waals surface area (Å²) in [6, 6.07) is 4.48. The molecule has 19 heavy (non-hydrogen) atoms. The third-order valence-electron chi connectivity index (χ3n) is 3.04. The Balaban J connectivity index is 3.22. The van der Waals surface area contributed by atoms with Crippen LogP contribution in [-0.4, -0.2) is 44.4 Å². The lowest BCUT2D eigenvalue weighted by Crippen LogP contribution is -2.45. The molecule has 0 bridgehead atoms. The number of aryl methyl sites for hydroxylation is 1. The normalized spacial score (nSPS) is 11.5. The van der Waals surface area contributed by atoms with Gasteiger partial charge in [0.05, 0.1) is 14.2 Å². The first kappa shape index (κ1) is 16.0. The maximum absolute atomic E-state index is 5.45. The molecule has 0 aliphatic heterocycles. The van der Waals surface area contributed by atoms with Crippen molar-refractivity contribution in [1.29, 1.82) is 0 Å². The number of benzene rings is 1. The Morgan fingerprint density at radius 3 is 1.89 bits per heavy atom. The van der Waals surface area contributed by atoms with Crippen molar-refractivity contribution in [1.82, 2.24) is 0 Å². The fourth-order valence-electron chi connectivity index (χ4n) is 2.03. The lowest BCUT2D eigenvalue weighted by Gasteiger charge is -2.25. The Morgan fingerprint density at radius 2 is 1.47 bits per heavy atom. The maximum Gasteiger partial charge on any atom is 0.504 e. The van der Waals surface area contributed by atoms with Gasteiger partial charge in [0.2, 0.25) is 0 Å². The van der Waals surface area contributed by atoms with Crippen LogP contribution in [0.5, 0.6) is 11.5 Å². The van der Waals surface area contributed by atoms with Crippen LogP contribution >= 0.6 is 0 Å². The Morgan fingerprint density at radius 1 is 0.895 bits per heavy atom. The highest BCUT2D eigenvalue weighted by Gasteiger charge is 2.39. The number of rotatable bonds is 7. The van der Waals surface area contributed by atoms with Crippen LogP contribution < -0.4 is 9.47 Å². The van der Waals surface area contributed by atoms with Crippen molar-refractivity contribution in [3.05, 3.63) is 23.3 Å². The minimum Gasteiger partial charge on any atom is -0.493 e. The summed E-state index contributed by atoms with van der Waals surface area (Å²) in [5.41, 5.74) is 2.04. The first-order valence-electron chi connectivity index (χ1n) is 5.92. The van der Waals surface area contributed by atoms with Gasteiger partial charge < -0.3 is 22.8 Å². The fraction of sp³-hybridized carbons (Fsp3) is 0.538. The van der Waals surface area contributed by atoms with Gasteiger partial charge >= 0.3 is 8.80 Å². The third-order valence-corrected chi connectivity index (χ3v) is 5.72.